The van der Waals surface area contributed by atoms with Crippen LogP contribution in [0, 0.1) is 5.82 Å². The van der Waals surface area contributed by atoms with E-state index in [4.69, 9.17) is 14.2 Å². The zero-order valence-electron chi connectivity index (χ0n) is 23.3. The molecule has 0 radical (unpaired) electrons. The molecule has 1 aliphatic rings. The van der Waals surface area contributed by atoms with Gasteiger partial charge in [0.1, 0.15) is 35.5 Å². The highest BCUT2D eigenvalue weighted by Gasteiger charge is 2.39. The number of carbonyl (C=O) groups is 1. The Morgan fingerprint density at radius 1 is 0.977 bits per heavy atom. The number of alkyl halides is 3. The molecule has 0 fully saturated rings. The molecule has 0 bridgehead atoms. The lowest BCUT2D eigenvalue weighted by molar-refractivity contribution is -0.0577. The third-order valence-electron chi connectivity index (χ3n) is 6.32. The number of hydrogen-bond acceptors (Lipinski definition) is 8. The van der Waals surface area contributed by atoms with Crippen LogP contribution in [0.5, 0.6) is 11.5 Å². The molecule has 1 unspecified atom stereocenters. The first-order chi connectivity index (χ1) is 21.1. The maximum atomic E-state index is 13.4. The molecule has 0 saturated heterocycles. The molecule has 2 heterocycles. The topological polar surface area (TPSA) is 107 Å². The highest BCUT2D eigenvalue weighted by atomic mass is 32.2. The van der Waals surface area contributed by atoms with Crippen molar-refractivity contribution < 1.29 is 36.6 Å². The number of benzene rings is 3. The van der Waals surface area contributed by atoms with Gasteiger partial charge in [-0.2, -0.15) is 13.2 Å². The van der Waals surface area contributed by atoms with Crippen molar-refractivity contribution in [1.29, 1.82) is 0 Å². The number of ether oxygens (including phenoxy) is 3. The lowest BCUT2D eigenvalue weighted by Gasteiger charge is -2.15. The van der Waals surface area contributed by atoms with Crippen molar-refractivity contribution in [3.05, 3.63) is 90.1 Å². The minimum absolute atomic E-state index is 0.0982. The zero-order chi connectivity index (χ0) is 31.3. The predicted octanol–water partition coefficient (Wildman–Crippen LogP) is 6.72. The Kier molecular flexibility index (Phi) is 9.30. The molecular weight excluding hydrogens is 602 g/mol. The summed E-state index contributed by atoms with van der Waals surface area (Å²) in [6.45, 7) is 0.738. The minimum atomic E-state index is -4.72. The number of methoxy groups -OCH3 is 2. The molecule has 0 saturated carbocycles. The van der Waals surface area contributed by atoms with Crippen LogP contribution in [0.1, 0.15) is 11.6 Å². The van der Waals surface area contributed by atoms with Crippen molar-refractivity contribution in [3.8, 4) is 11.5 Å². The summed E-state index contributed by atoms with van der Waals surface area (Å²) in [7, 11) is 3.11. The summed E-state index contributed by atoms with van der Waals surface area (Å²) < 4.78 is 70.0. The summed E-state index contributed by atoms with van der Waals surface area (Å²) in [5.74, 6) is 0.456. The lowest BCUT2D eigenvalue weighted by atomic mass is 10.1. The van der Waals surface area contributed by atoms with Gasteiger partial charge in [-0.3, -0.25) is 4.99 Å². The first-order valence-corrected chi connectivity index (χ1v) is 13.9. The van der Waals surface area contributed by atoms with Gasteiger partial charge in [-0.15, -0.1) is 0 Å². The third kappa shape index (κ3) is 7.26. The number of aromatic nitrogens is 2. The molecule has 4 aromatic rings. The lowest BCUT2D eigenvalue weighted by Crippen LogP contribution is -2.29. The van der Waals surface area contributed by atoms with Crippen molar-refractivity contribution in [2.45, 2.75) is 22.1 Å². The van der Waals surface area contributed by atoms with Gasteiger partial charge in [0.15, 0.2) is 11.5 Å². The molecule has 5 rings (SSSR count). The number of hydrogen-bond donors (Lipinski definition) is 2. The Morgan fingerprint density at radius 3 is 2.50 bits per heavy atom. The van der Waals surface area contributed by atoms with Crippen LogP contribution in [-0.4, -0.2) is 55.3 Å². The summed E-state index contributed by atoms with van der Waals surface area (Å²) in [4.78, 5) is 26.1. The van der Waals surface area contributed by atoms with Crippen molar-refractivity contribution in [2.24, 2.45) is 4.99 Å². The van der Waals surface area contributed by atoms with Crippen LogP contribution in [0.4, 0.5) is 28.0 Å². The fraction of sp³-hybridized carbons (Fsp3) is 0.200. The van der Waals surface area contributed by atoms with Crippen LogP contribution in [-0.2, 0) is 4.74 Å². The number of nitrogens with zero attached hydrogens (tertiary/aromatic N) is 3. The smallest absolute Gasteiger partial charge is 0.433 e. The molecule has 1 aromatic heterocycles. The SMILES string of the molecule is COCCOc1cc2ncnc(Sc3cccc(NC(=O)NC4=CC(C(F)(F)F)=NC4c4ccc(F)cc4)c3)c2cc1OC. The number of carbonyl (C=O) groups excluding carboxylic acids is 1. The van der Waals surface area contributed by atoms with Gasteiger partial charge < -0.3 is 24.8 Å². The molecule has 9 nitrogen and oxygen atoms in total. The van der Waals surface area contributed by atoms with E-state index in [1.807, 2.05) is 6.07 Å². The molecule has 1 aliphatic heterocycles. The number of nitrogens with one attached hydrogen (secondary N) is 2. The van der Waals surface area contributed by atoms with Crippen molar-refractivity contribution in [3.63, 3.8) is 0 Å². The van der Waals surface area contributed by atoms with Gasteiger partial charge >= 0.3 is 12.2 Å². The number of amides is 2. The first-order valence-electron chi connectivity index (χ1n) is 13.1. The second-order valence-electron chi connectivity index (χ2n) is 9.32. The first kappa shape index (κ1) is 30.8. The Morgan fingerprint density at radius 2 is 1.77 bits per heavy atom. The highest BCUT2D eigenvalue weighted by Crippen LogP contribution is 2.38. The van der Waals surface area contributed by atoms with E-state index >= 15 is 0 Å². The van der Waals surface area contributed by atoms with Crippen molar-refractivity contribution in [2.75, 3.05) is 32.8 Å². The van der Waals surface area contributed by atoms with E-state index < -0.39 is 29.8 Å². The van der Waals surface area contributed by atoms with E-state index in [1.54, 1.807) is 37.4 Å². The summed E-state index contributed by atoms with van der Waals surface area (Å²) >= 11 is 1.32. The van der Waals surface area contributed by atoms with Gasteiger partial charge in [-0.05, 0) is 48.0 Å². The molecule has 0 spiro atoms. The van der Waals surface area contributed by atoms with Crippen molar-refractivity contribution in [1.82, 2.24) is 15.3 Å². The van der Waals surface area contributed by atoms with Gasteiger partial charge in [0.25, 0.3) is 0 Å². The molecule has 228 valence electrons. The molecule has 14 heteroatoms. The molecule has 1 atom stereocenters. The van der Waals surface area contributed by atoms with Crippen LogP contribution in [0.15, 0.2) is 93.7 Å². The average Bonchev–Trinajstić information content (AvgIpc) is 3.42. The second-order valence-corrected chi connectivity index (χ2v) is 10.4. The summed E-state index contributed by atoms with van der Waals surface area (Å²) in [6, 6.07) is 13.3. The van der Waals surface area contributed by atoms with Gasteiger partial charge in [-0.1, -0.05) is 30.0 Å². The molecule has 2 N–H and O–H groups in total. The Hall–Kier alpha value is -4.69. The standard InChI is InChI=1S/C30H25F4N5O4S/c1-41-10-11-43-25-14-22-21(13-24(25)42-2)28(36-16-35-22)44-20-5-3-4-19(12-20)37-29(40)38-23-15-26(30(32,33)34)39-27(23)17-6-8-18(31)9-7-17/h3-9,12-16,27H,10-11H2,1-2H3,(H2,37,38,40). The zero-order valence-corrected chi connectivity index (χ0v) is 24.1. The maximum Gasteiger partial charge on any atom is 0.433 e. The van der Waals surface area contributed by atoms with E-state index in [0.29, 0.717) is 51.2 Å². The van der Waals surface area contributed by atoms with Crippen LogP contribution in [0.3, 0.4) is 0 Å². The molecule has 3 aromatic carbocycles. The minimum Gasteiger partial charge on any atom is -0.493 e. The van der Waals surface area contributed by atoms with E-state index in [9.17, 15) is 22.4 Å². The Labute approximate surface area is 253 Å². The van der Waals surface area contributed by atoms with Crippen LogP contribution >= 0.6 is 11.8 Å². The molecule has 44 heavy (non-hydrogen) atoms. The third-order valence-corrected chi connectivity index (χ3v) is 7.33. The predicted molar refractivity (Wildman–Crippen MR) is 157 cm³/mol. The molecular formula is C30H25F4N5O4S. The summed E-state index contributed by atoms with van der Waals surface area (Å²) in [6.07, 6.45) is -2.53. The largest absolute Gasteiger partial charge is 0.493 e. The number of rotatable bonds is 10. The van der Waals surface area contributed by atoms with Gasteiger partial charge in [0.2, 0.25) is 0 Å². The average molecular weight is 628 g/mol. The molecule has 2 amide bonds. The van der Waals surface area contributed by atoms with E-state index in [1.165, 1.54) is 37.3 Å². The number of anilines is 1. The van der Waals surface area contributed by atoms with E-state index in [0.717, 1.165) is 18.2 Å². The summed E-state index contributed by atoms with van der Waals surface area (Å²) in [5, 5.41) is 6.44. The second kappa shape index (κ2) is 13.3. The number of halogens is 4. The maximum absolute atomic E-state index is 13.4. The van der Waals surface area contributed by atoms with Gasteiger partial charge in [0.05, 0.1) is 24.9 Å². The van der Waals surface area contributed by atoms with Crippen LogP contribution in [0.2, 0.25) is 0 Å². The van der Waals surface area contributed by atoms with Gasteiger partial charge in [0, 0.05) is 29.1 Å². The highest BCUT2D eigenvalue weighted by molar-refractivity contribution is 7.99. The quantitative estimate of drug-likeness (QED) is 0.114. The van der Waals surface area contributed by atoms with E-state index in [-0.39, 0.29) is 11.3 Å². The van der Waals surface area contributed by atoms with Gasteiger partial charge in [-0.25, -0.2) is 19.2 Å². The Bertz CT molecular complexity index is 1730. The van der Waals surface area contributed by atoms with E-state index in [2.05, 4.69) is 25.6 Å². The number of aliphatic imine (C=N–C) groups is 1. The molecule has 0 aliphatic carbocycles. The normalized spacial score (nSPS) is 14.6. The fourth-order valence-corrected chi connectivity index (χ4v) is 5.23. The summed E-state index contributed by atoms with van der Waals surface area (Å²) in [5.41, 5.74) is 0.0521. The van der Waals surface area contributed by atoms with Crippen molar-refractivity contribution >= 4 is 40.1 Å². The van der Waals surface area contributed by atoms with Crippen LogP contribution in [0.25, 0.3) is 10.9 Å². The number of fused-ring (bicyclic) bond motifs is 1. The monoisotopic (exact) mass is 627 g/mol. The van der Waals surface area contributed by atoms with Crippen LogP contribution < -0.4 is 20.1 Å². The number of allylic oxidation sites excluding steroid dienone is 1. The fourth-order valence-electron chi connectivity index (χ4n) is 4.30. The Balaban J connectivity index is 1.32. The number of urea groups is 1.